The minimum absolute atomic E-state index is 0.214. The number of ether oxygens (including phenoxy) is 3. The third-order valence-electron chi connectivity index (χ3n) is 2.10. The number of hydrogen-bond acceptors (Lipinski definition) is 4. The zero-order chi connectivity index (χ0) is 11.7. The van der Waals surface area contributed by atoms with Gasteiger partial charge in [-0.05, 0) is 12.8 Å². The van der Waals surface area contributed by atoms with Crippen LogP contribution in [0, 0.1) is 5.92 Å². The molecule has 88 valence electrons. The maximum absolute atomic E-state index is 11.3. The molecule has 0 aliphatic rings. The topological polar surface area (TPSA) is 44.8 Å². The van der Waals surface area contributed by atoms with E-state index in [0.717, 1.165) is 12.0 Å². The van der Waals surface area contributed by atoms with Gasteiger partial charge in [0, 0.05) is 14.2 Å². The zero-order valence-electron chi connectivity index (χ0n) is 9.75. The molecule has 15 heavy (non-hydrogen) atoms. The molecular weight excluding hydrogens is 196 g/mol. The first-order valence-electron chi connectivity index (χ1n) is 4.88. The van der Waals surface area contributed by atoms with Gasteiger partial charge in [-0.15, -0.1) is 0 Å². The summed E-state index contributed by atoms with van der Waals surface area (Å²) in [7, 11) is 4.58. The number of carbonyl (C=O) groups is 1. The van der Waals surface area contributed by atoms with Crippen molar-refractivity contribution in [2.75, 3.05) is 34.5 Å². The van der Waals surface area contributed by atoms with E-state index in [1.807, 2.05) is 0 Å². The maximum atomic E-state index is 11.3. The van der Waals surface area contributed by atoms with Gasteiger partial charge in [0.2, 0.25) is 0 Å². The van der Waals surface area contributed by atoms with Gasteiger partial charge in [-0.25, -0.2) is 0 Å². The van der Waals surface area contributed by atoms with Gasteiger partial charge in [0.25, 0.3) is 0 Å². The summed E-state index contributed by atoms with van der Waals surface area (Å²) < 4.78 is 14.6. The average Bonchev–Trinajstić information content (AvgIpc) is 2.23. The molecule has 0 radical (unpaired) electrons. The third-order valence-corrected chi connectivity index (χ3v) is 2.10. The Morgan fingerprint density at radius 2 is 1.93 bits per heavy atom. The highest BCUT2D eigenvalue weighted by Crippen LogP contribution is 2.13. The summed E-state index contributed by atoms with van der Waals surface area (Å²) in [5.74, 6) is -0.448. The number of rotatable bonds is 8. The molecule has 0 saturated carbocycles. The lowest BCUT2D eigenvalue weighted by atomic mass is 10.0. The summed E-state index contributed by atoms with van der Waals surface area (Å²) in [4.78, 5) is 11.3. The summed E-state index contributed by atoms with van der Waals surface area (Å²) in [6.45, 7) is 4.75. The number of methoxy groups -OCH3 is 3. The van der Waals surface area contributed by atoms with Crippen molar-refractivity contribution in [1.82, 2.24) is 0 Å². The number of esters is 1. The van der Waals surface area contributed by atoms with Crippen molar-refractivity contribution in [3.05, 3.63) is 12.2 Å². The van der Waals surface area contributed by atoms with Gasteiger partial charge in [-0.1, -0.05) is 12.2 Å². The molecule has 0 heterocycles. The van der Waals surface area contributed by atoms with Gasteiger partial charge in [0.05, 0.1) is 26.2 Å². The van der Waals surface area contributed by atoms with E-state index in [4.69, 9.17) is 9.47 Å². The van der Waals surface area contributed by atoms with Crippen LogP contribution in [0.25, 0.3) is 0 Å². The summed E-state index contributed by atoms with van der Waals surface area (Å²) >= 11 is 0. The van der Waals surface area contributed by atoms with Gasteiger partial charge in [-0.2, -0.15) is 0 Å². The van der Waals surface area contributed by atoms with E-state index in [0.29, 0.717) is 19.6 Å². The molecular formula is C11H20O4. The van der Waals surface area contributed by atoms with Crippen LogP contribution in [0.2, 0.25) is 0 Å². The summed E-state index contributed by atoms with van der Waals surface area (Å²) in [5, 5.41) is 0. The average molecular weight is 216 g/mol. The van der Waals surface area contributed by atoms with Crippen LogP contribution >= 0.6 is 0 Å². The number of hydrogen-bond donors (Lipinski definition) is 0. The highest BCUT2D eigenvalue weighted by molar-refractivity contribution is 5.72. The van der Waals surface area contributed by atoms with Crippen molar-refractivity contribution in [2.45, 2.75) is 12.8 Å². The third kappa shape index (κ3) is 6.25. The van der Waals surface area contributed by atoms with Gasteiger partial charge < -0.3 is 14.2 Å². The predicted molar refractivity (Wildman–Crippen MR) is 57.6 cm³/mol. The second-order valence-corrected chi connectivity index (χ2v) is 3.40. The summed E-state index contributed by atoms with van der Waals surface area (Å²) in [6, 6.07) is 0. The molecule has 0 amide bonds. The van der Waals surface area contributed by atoms with Crippen molar-refractivity contribution >= 4 is 5.97 Å². The molecule has 0 aromatic rings. The van der Waals surface area contributed by atoms with E-state index >= 15 is 0 Å². The van der Waals surface area contributed by atoms with Gasteiger partial charge in [0.15, 0.2) is 0 Å². The Hall–Kier alpha value is -0.870. The molecule has 4 heteroatoms. The SMILES string of the molecule is C=C(CCC(COC)C(=O)OC)COC. The van der Waals surface area contributed by atoms with Crippen molar-refractivity contribution in [3.8, 4) is 0 Å². The summed E-state index contributed by atoms with van der Waals surface area (Å²) in [6.07, 6.45) is 1.43. The van der Waals surface area contributed by atoms with E-state index in [2.05, 4.69) is 11.3 Å². The van der Waals surface area contributed by atoms with Gasteiger partial charge >= 0.3 is 5.97 Å². The van der Waals surface area contributed by atoms with Crippen molar-refractivity contribution in [3.63, 3.8) is 0 Å². The minimum atomic E-state index is -0.234. The second-order valence-electron chi connectivity index (χ2n) is 3.40. The molecule has 0 fully saturated rings. The Bertz CT molecular complexity index is 201. The quantitative estimate of drug-likeness (QED) is 0.454. The van der Waals surface area contributed by atoms with E-state index in [1.54, 1.807) is 14.2 Å². The number of carbonyl (C=O) groups excluding carboxylic acids is 1. The lowest BCUT2D eigenvalue weighted by Crippen LogP contribution is -2.21. The molecule has 1 atom stereocenters. The molecule has 0 aliphatic heterocycles. The van der Waals surface area contributed by atoms with Crippen molar-refractivity contribution < 1.29 is 19.0 Å². The van der Waals surface area contributed by atoms with Crippen LogP contribution in [0.15, 0.2) is 12.2 Å². The first-order chi connectivity index (χ1) is 7.15. The monoisotopic (exact) mass is 216 g/mol. The Kier molecular flexibility index (Phi) is 7.95. The first kappa shape index (κ1) is 14.1. The Morgan fingerprint density at radius 1 is 1.27 bits per heavy atom. The van der Waals surface area contributed by atoms with E-state index in [1.165, 1.54) is 7.11 Å². The molecule has 0 N–H and O–H groups in total. The van der Waals surface area contributed by atoms with E-state index in [9.17, 15) is 4.79 Å². The highest BCUT2D eigenvalue weighted by atomic mass is 16.5. The van der Waals surface area contributed by atoms with E-state index < -0.39 is 0 Å². The van der Waals surface area contributed by atoms with Crippen LogP contribution in [-0.2, 0) is 19.0 Å². The van der Waals surface area contributed by atoms with Gasteiger partial charge in [0.1, 0.15) is 0 Å². The smallest absolute Gasteiger partial charge is 0.311 e. The fourth-order valence-corrected chi connectivity index (χ4v) is 1.29. The summed E-state index contributed by atoms with van der Waals surface area (Å²) in [5.41, 5.74) is 0.975. The largest absolute Gasteiger partial charge is 0.469 e. The fraction of sp³-hybridized carbons (Fsp3) is 0.727. The molecule has 0 aliphatic carbocycles. The molecule has 1 unspecified atom stereocenters. The standard InChI is InChI=1S/C11H20O4/c1-9(7-13-2)5-6-10(8-14-3)11(12)15-4/h10H,1,5-8H2,2-4H3. The fourth-order valence-electron chi connectivity index (χ4n) is 1.29. The normalized spacial score (nSPS) is 12.2. The molecule has 0 spiro atoms. The lowest BCUT2D eigenvalue weighted by molar-refractivity contribution is -0.147. The van der Waals surface area contributed by atoms with Crippen LogP contribution in [0.5, 0.6) is 0 Å². The van der Waals surface area contributed by atoms with E-state index in [-0.39, 0.29) is 11.9 Å². The second kappa shape index (κ2) is 8.44. The first-order valence-corrected chi connectivity index (χ1v) is 4.88. The van der Waals surface area contributed by atoms with Crippen LogP contribution in [0.1, 0.15) is 12.8 Å². The Morgan fingerprint density at radius 3 is 2.40 bits per heavy atom. The predicted octanol–water partition coefficient (Wildman–Crippen LogP) is 1.40. The maximum Gasteiger partial charge on any atom is 0.311 e. The molecule has 0 aromatic carbocycles. The van der Waals surface area contributed by atoms with Crippen LogP contribution in [0.4, 0.5) is 0 Å². The van der Waals surface area contributed by atoms with Crippen LogP contribution in [-0.4, -0.2) is 40.5 Å². The molecule has 0 bridgehead atoms. The van der Waals surface area contributed by atoms with Crippen molar-refractivity contribution in [2.24, 2.45) is 5.92 Å². The zero-order valence-corrected chi connectivity index (χ0v) is 9.75. The molecule has 0 rings (SSSR count). The molecule has 4 nitrogen and oxygen atoms in total. The van der Waals surface area contributed by atoms with Gasteiger partial charge in [-0.3, -0.25) is 4.79 Å². The Labute approximate surface area is 91.2 Å². The molecule has 0 aromatic heterocycles. The lowest BCUT2D eigenvalue weighted by Gasteiger charge is -2.13. The molecule has 0 saturated heterocycles. The van der Waals surface area contributed by atoms with Crippen LogP contribution in [0.3, 0.4) is 0 Å². The van der Waals surface area contributed by atoms with Crippen molar-refractivity contribution in [1.29, 1.82) is 0 Å². The Balaban J connectivity index is 3.95. The highest BCUT2D eigenvalue weighted by Gasteiger charge is 2.18. The minimum Gasteiger partial charge on any atom is -0.469 e. The van der Waals surface area contributed by atoms with Crippen LogP contribution < -0.4 is 0 Å².